The van der Waals surface area contributed by atoms with Crippen molar-refractivity contribution in [3.05, 3.63) is 73.2 Å². The normalized spacial score (nSPS) is 10.4. The largest absolute Gasteiger partial charge is 0.478 e. The molecule has 2 rings (SSSR count). The first-order chi connectivity index (χ1) is 10.3. The van der Waals surface area contributed by atoms with Crippen molar-refractivity contribution in [1.82, 2.24) is 0 Å². The van der Waals surface area contributed by atoms with E-state index in [0.717, 1.165) is 0 Å². The van der Waals surface area contributed by atoms with Crippen LogP contribution < -0.4 is 0 Å². The molecule has 0 heterocycles. The smallest absolute Gasteiger partial charge is 0.331 e. The average molecular weight is 376 g/mol. The third-order valence-electron chi connectivity index (χ3n) is 3.14. The molecule has 2 nitrogen and oxygen atoms in total. The van der Waals surface area contributed by atoms with Crippen LogP contribution in [0.5, 0.6) is 0 Å². The Balaban J connectivity index is 2.85. The fraction of sp³-hybridized carbons (Fsp3) is 0.0625. The minimum atomic E-state index is -1.08. The highest BCUT2D eigenvalue weighted by Crippen LogP contribution is 2.40. The van der Waals surface area contributed by atoms with E-state index in [1.807, 2.05) is 0 Å². The molecule has 0 radical (unpaired) electrons. The average Bonchev–Trinajstić information content (AvgIpc) is 2.47. The quantitative estimate of drug-likeness (QED) is 0.647. The van der Waals surface area contributed by atoms with Crippen LogP contribution in [0.4, 0.5) is 0 Å². The molecule has 2 aromatic carbocycles. The SMILES string of the molecule is CC(C(=O)O)=C(c1cccc(Cl)c1Cl)c1cccc(Cl)c1Cl. The van der Waals surface area contributed by atoms with Gasteiger partial charge in [-0.3, -0.25) is 0 Å². The number of halogens is 4. The predicted molar refractivity (Wildman–Crippen MR) is 92.3 cm³/mol. The maximum Gasteiger partial charge on any atom is 0.331 e. The predicted octanol–water partition coefficient (Wildman–Crippen LogP) is 6.21. The molecular formula is C16H10Cl4O2. The van der Waals surface area contributed by atoms with E-state index in [1.54, 1.807) is 36.4 Å². The molecule has 0 aliphatic rings. The van der Waals surface area contributed by atoms with E-state index < -0.39 is 5.97 Å². The number of carbonyl (C=O) groups is 1. The number of hydrogen-bond donors (Lipinski definition) is 1. The lowest BCUT2D eigenvalue weighted by Crippen LogP contribution is -2.03. The summed E-state index contributed by atoms with van der Waals surface area (Å²) in [5, 5.41) is 10.6. The van der Waals surface area contributed by atoms with Crippen LogP contribution in [-0.2, 0) is 4.79 Å². The van der Waals surface area contributed by atoms with Crippen molar-refractivity contribution in [1.29, 1.82) is 0 Å². The van der Waals surface area contributed by atoms with E-state index in [2.05, 4.69) is 0 Å². The van der Waals surface area contributed by atoms with Crippen LogP contribution >= 0.6 is 46.4 Å². The summed E-state index contributed by atoms with van der Waals surface area (Å²) < 4.78 is 0. The molecule has 1 N–H and O–H groups in total. The zero-order valence-corrected chi connectivity index (χ0v) is 14.4. The lowest BCUT2D eigenvalue weighted by molar-refractivity contribution is -0.132. The number of carboxylic acids is 1. The lowest BCUT2D eigenvalue weighted by Gasteiger charge is -2.15. The van der Waals surface area contributed by atoms with Gasteiger partial charge >= 0.3 is 5.97 Å². The van der Waals surface area contributed by atoms with Gasteiger partial charge in [-0.05, 0) is 19.1 Å². The molecule has 0 fully saturated rings. The van der Waals surface area contributed by atoms with E-state index in [-0.39, 0.29) is 15.6 Å². The summed E-state index contributed by atoms with van der Waals surface area (Å²) in [7, 11) is 0. The topological polar surface area (TPSA) is 37.3 Å². The number of carboxylic acid groups (broad SMARTS) is 1. The van der Waals surface area contributed by atoms with Crippen LogP contribution in [0.1, 0.15) is 18.1 Å². The number of benzene rings is 2. The zero-order chi connectivity index (χ0) is 16.4. The summed E-state index contributed by atoms with van der Waals surface area (Å²) in [5.74, 6) is -1.08. The Labute approximate surface area is 147 Å². The molecule has 22 heavy (non-hydrogen) atoms. The van der Waals surface area contributed by atoms with Gasteiger partial charge in [0.25, 0.3) is 0 Å². The fourth-order valence-corrected chi connectivity index (χ4v) is 2.84. The van der Waals surface area contributed by atoms with Crippen LogP contribution in [-0.4, -0.2) is 11.1 Å². The van der Waals surface area contributed by atoms with Crippen LogP contribution in [0.15, 0.2) is 42.0 Å². The first-order valence-corrected chi connectivity index (χ1v) is 7.68. The summed E-state index contributed by atoms with van der Waals surface area (Å²) >= 11 is 24.6. The van der Waals surface area contributed by atoms with Crippen molar-refractivity contribution < 1.29 is 9.90 Å². The molecule has 0 bridgehead atoms. The Morgan fingerprint density at radius 3 is 1.64 bits per heavy atom. The van der Waals surface area contributed by atoms with E-state index in [9.17, 15) is 9.90 Å². The summed E-state index contributed by atoms with van der Waals surface area (Å²) in [5.41, 5.74) is 1.44. The van der Waals surface area contributed by atoms with Crippen molar-refractivity contribution in [2.45, 2.75) is 6.92 Å². The van der Waals surface area contributed by atoms with E-state index in [0.29, 0.717) is 26.7 Å². The standard InChI is InChI=1S/C16H10Cl4O2/c1-8(16(21)22)13(9-4-2-6-11(17)14(9)19)10-5-3-7-12(18)15(10)20/h2-7H,1H3,(H,21,22). The molecule has 0 amide bonds. The first kappa shape index (κ1) is 17.2. The second kappa shape index (κ2) is 6.93. The molecule has 0 aromatic heterocycles. The van der Waals surface area contributed by atoms with Gasteiger partial charge in [-0.2, -0.15) is 0 Å². The maximum atomic E-state index is 11.5. The summed E-state index contributed by atoms with van der Waals surface area (Å²) in [6, 6.07) is 10.0. The third kappa shape index (κ3) is 3.26. The first-order valence-electron chi connectivity index (χ1n) is 6.17. The molecule has 0 spiro atoms. The molecular weight excluding hydrogens is 366 g/mol. The third-order valence-corrected chi connectivity index (χ3v) is 4.78. The molecule has 2 aromatic rings. The Kier molecular flexibility index (Phi) is 5.41. The molecule has 0 aliphatic carbocycles. The maximum absolute atomic E-state index is 11.5. The Hall–Kier alpha value is -1.19. The van der Waals surface area contributed by atoms with E-state index in [4.69, 9.17) is 46.4 Å². The van der Waals surface area contributed by atoms with Crippen molar-refractivity contribution in [2.75, 3.05) is 0 Å². The van der Waals surface area contributed by atoms with Gasteiger partial charge in [-0.1, -0.05) is 70.7 Å². The van der Waals surface area contributed by atoms with Gasteiger partial charge in [0.15, 0.2) is 0 Å². The molecule has 114 valence electrons. The molecule has 0 aliphatic heterocycles. The van der Waals surface area contributed by atoms with E-state index >= 15 is 0 Å². The summed E-state index contributed by atoms with van der Waals surface area (Å²) in [4.78, 5) is 11.5. The van der Waals surface area contributed by atoms with Gasteiger partial charge in [0.1, 0.15) is 0 Å². The zero-order valence-electron chi connectivity index (χ0n) is 11.3. The second-order valence-electron chi connectivity index (χ2n) is 4.51. The van der Waals surface area contributed by atoms with Crippen LogP contribution in [0, 0.1) is 0 Å². The van der Waals surface area contributed by atoms with Crippen molar-refractivity contribution in [3.8, 4) is 0 Å². The Morgan fingerprint density at radius 1 is 0.864 bits per heavy atom. The van der Waals surface area contributed by atoms with Gasteiger partial charge in [0, 0.05) is 22.3 Å². The minimum Gasteiger partial charge on any atom is -0.478 e. The van der Waals surface area contributed by atoms with E-state index in [1.165, 1.54) is 6.92 Å². The second-order valence-corrected chi connectivity index (χ2v) is 6.08. The monoisotopic (exact) mass is 374 g/mol. The lowest BCUT2D eigenvalue weighted by atomic mass is 9.93. The molecule has 0 atom stereocenters. The summed E-state index contributed by atoms with van der Waals surface area (Å²) in [6.07, 6.45) is 0. The van der Waals surface area contributed by atoms with Crippen molar-refractivity contribution in [3.63, 3.8) is 0 Å². The Bertz CT molecular complexity index is 728. The highest BCUT2D eigenvalue weighted by Gasteiger charge is 2.20. The fourth-order valence-electron chi connectivity index (χ4n) is 2.05. The van der Waals surface area contributed by atoms with Gasteiger partial charge in [0.05, 0.1) is 20.1 Å². The van der Waals surface area contributed by atoms with Gasteiger partial charge in [-0.25, -0.2) is 4.79 Å². The molecule has 6 heteroatoms. The molecule has 0 unspecified atom stereocenters. The van der Waals surface area contributed by atoms with Crippen molar-refractivity contribution >= 4 is 57.9 Å². The van der Waals surface area contributed by atoms with Crippen LogP contribution in [0.2, 0.25) is 20.1 Å². The minimum absolute atomic E-state index is 0.0910. The highest BCUT2D eigenvalue weighted by molar-refractivity contribution is 6.44. The number of rotatable bonds is 3. The van der Waals surface area contributed by atoms with Gasteiger partial charge in [0.2, 0.25) is 0 Å². The summed E-state index contributed by atoms with van der Waals surface area (Å²) in [6.45, 7) is 1.48. The van der Waals surface area contributed by atoms with Crippen molar-refractivity contribution in [2.24, 2.45) is 0 Å². The molecule has 0 saturated carbocycles. The highest BCUT2D eigenvalue weighted by atomic mass is 35.5. The van der Waals surface area contributed by atoms with Crippen LogP contribution in [0.25, 0.3) is 5.57 Å². The number of hydrogen-bond acceptors (Lipinski definition) is 1. The molecule has 0 saturated heterocycles. The number of aliphatic carboxylic acids is 1. The van der Waals surface area contributed by atoms with Crippen LogP contribution in [0.3, 0.4) is 0 Å². The van der Waals surface area contributed by atoms with Gasteiger partial charge < -0.3 is 5.11 Å². The Morgan fingerprint density at radius 2 is 1.27 bits per heavy atom. The van der Waals surface area contributed by atoms with Gasteiger partial charge in [-0.15, -0.1) is 0 Å².